The van der Waals surface area contributed by atoms with Gasteiger partial charge in [-0.15, -0.1) is 0 Å². The summed E-state index contributed by atoms with van der Waals surface area (Å²) in [4.78, 5) is 35.5. The van der Waals surface area contributed by atoms with E-state index in [1.54, 1.807) is 0 Å². The molecule has 1 fully saturated rings. The summed E-state index contributed by atoms with van der Waals surface area (Å²) in [6.07, 6.45) is 0. The molecule has 0 unspecified atom stereocenters. The van der Waals surface area contributed by atoms with E-state index >= 15 is 0 Å². The molecule has 112 valence electrons. The lowest BCUT2D eigenvalue weighted by molar-refractivity contribution is -0.238. The van der Waals surface area contributed by atoms with Crippen molar-refractivity contribution in [2.75, 3.05) is 5.32 Å². The highest BCUT2D eigenvalue weighted by Gasteiger charge is 2.47. The van der Waals surface area contributed by atoms with E-state index in [1.165, 1.54) is 32.0 Å². The molecule has 0 saturated carbocycles. The van der Waals surface area contributed by atoms with Gasteiger partial charge in [-0.05, 0) is 18.2 Å². The molecule has 1 N–H and O–H groups in total. The third-order valence-corrected chi connectivity index (χ3v) is 3.35. The van der Waals surface area contributed by atoms with Crippen molar-refractivity contribution in [1.29, 1.82) is 0 Å². The number of carbonyl (C=O) groups excluding carboxylic acids is 3. The van der Waals surface area contributed by atoms with Crippen molar-refractivity contribution in [1.82, 2.24) is 0 Å². The molecule has 1 heterocycles. The molecule has 1 aromatic carbocycles. The van der Waals surface area contributed by atoms with Gasteiger partial charge in [-0.2, -0.15) is 0 Å². The lowest BCUT2D eigenvalue weighted by atomic mass is 10.1. The Labute approximate surface area is 130 Å². The van der Waals surface area contributed by atoms with E-state index in [0.717, 1.165) is 0 Å². The third-order valence-electron chi connectivity index (χ3n) is 2.61. The van der Waals surface area contributed by atoms with E-state index < -0.39 is 29.6 Å². The molecule has 8 heteroatoms. The quantitative estimate of drug-likeness (QED) is 0.664. The van der Waals surface area contributed by atoms with Crippen LogP contribution >= 0.6 is 23.2 Å². The van der Waals surface area contributed by atoms with Crippen LogP contribution in [0.5, 0.6) is 0 Å². The zero-order valence-corrected chi connectivity index (χ0v) is 12.6. The number of anilines is 1. The Morgan fingerprint density at radius 2 is 1.71 bits per heavy atom. The predicted octanol–water partition coefficient (Wildman–Crippen LogP) is 2.38. The van der Waals surface area contributed by atoms with E-state index in [1.807, 2.05) is 0 Å². The largest absolute Gasteiger partial charge is 0.422 e. The zero-order chi connectivity index (χ0) is 15.8. The van der Waals surface area contributed by atoms with Crippen LogP contribution in [-0.4, -0.2) is 23.6 Å². The summed E-state index contributed by atoms with van der Waals surface area (Å²) in [6.45, 7) is 2.80. The van der Waals surface area contributed by atoms with Crippen molar-refractivity contribution in [2.45, 2.75) is 19.6 Å². The van der Waals surface area contributed by atoms with Crippen LogP contribution in [0.2, 0.25) is 10.0 Å². The van der Waals surface area contributed by atoms with Gasteiger partial charge < -0.3 is 14.8 Å². The molecule has 0 spiro atoms. The van der Waals surface area contributed by atoms with Crippen LogP contribution in [0.25, 0.3) is 0 Å². The monoisotopic (exact) mass is 331 g/mol. The highest BCUT2D eigenvalue weighted by molar-refractivity contribution is 6.42. The maximum atomic E-state index is 12.0. The van der Waals surface area contributed by atoms with Crippen LogP contribution in [0, 0.1) is 5.92 Å². The number of ether oxygens (including phenoxy) is 2. The van der Waals surface area contributed by atoms with Crippen molar-refractivity contribution in [2.24, 2.45) is 5.92 Å². The predicted molar refractivity (Wildman–Crippen MR) is 74.8 cm³/mol. The van der Waals surface area contributed by atoms with Crippen molar-refractivity contribution in [3.63, 3.8) is 0 Å². The first-order valence-corrected chi connectivity index (χ1v) is 6.67. The summed E-state index contributed by atoms with van der Waals surface area (Å²) in [5.41, 5.74) is 0.292. The van der Waals surface area contributed by atoms with Gasteiger partial charge in [0.25, 0.3) is 5.79 Å². The zero-order valence-electron chi connectivity index (χ0n) is 11.1. The van der Waals surface area contributed by atoms with Gasteiger partial charge in [-0.3, -0.25) is 14.4 Å². The summed E-state index contributed by atoms with van der Waals surface area (Å²) >= 11 is 11.6. The Morgan fingerprint density at radius 1 is 1.14 bits per heavy atom. The minimum Gasteiger partial charge on any atom is -0.422 e. The number of cyclic esters (lactones) is 2. The molecule has 6 nitrogen and oxygen atoms in total. The molecule has 0 radical (unpaired) electrons. The second-order valence-corrected chi connectivity index (χ2v) is 5.61. The lowest BCUT2D eigenvalue weighted by Crippen LogP contribution is -2.50. The van der Waals surface area contributed by atoms with Crippen molar-refractivity contribution in [3.05, 3.63) is 28.2 Å². The maximum Gasteiger partial charge on any atom is 0.333 e. The van der Waals surface area contributed by atoms with Crippen LogP contribution in [-0.2, 0) is 23.9 Å². The fraction of sp³-hybridized carbons (Fsp3) is 0.308. The Balaban J connectivity index is 2.14. The molecule has 0 atom stereocenters. The number of benzene rings is 1. The SMILES string of the molecule is CC1(C)OC(=O)C(C(=O)Nc2ccc(Cl)c(Cl)c2)C(=O)O1. The van der Waals surface area contributed by atoms with Crippen LogP contribution in [0.15, 0.2) is 18.2 Å². The average molecular weight is 332 g/mol. The highest BCUT2D eigenvalue weighted by atomic mass is 35.5. The maximum absolute atomic E-state index is 12.0. The summed E-state index contributed by atoms with van der Waals surface area (Å²) in [6, 6.07) is 4.35. The molecule has 1 aliphatic heterocycles. The molecule has 1 aromatic rings. The molecule has 1 saturated heterocycles. The first-order valence-electron chi connectivity index (χ1n) is 5.91. The molecular weight excluding hydrogens is 321 g/mol. The summed E-state index contributed by atoms with van der Waals surface area (Å²) in [7, 11) is 0. The van der Waals surface area contributed by atoms with Crippen molar-refractivity contribution >= 4 is 46.7 Å². The fourth-order valence-electron chi connectivity index (χ4n) is 1.72. The molecule has 1 aliphatic rings. The lowest BCUT2D eigenvalue weighted by Gasteiger charge is -2.32. The van der Waals surface area contributed by atoms with Crippen LogP contribution in [0.3, 0.4) is 0 Å². The van der Waals surface area contributed by atoms with Crippen LogP contribution < -0.4 is 5.32 Å². The minimum absolute atomic E-state index is 0.226. The highest BCUT2D eigenvalue weighted by Crippen LogP contribution is 2.27. The van der Waals surface area contributed by atoms with Gasteiger partial charge in [0.1, 0.15) is 0 Å². The second-order valence-electron chi connectivity index (χ2n) is 4.79. The Morgan fingerprint density at radius 3 is 2.24 bits per heavy atom. The molecule has 21 heavy (non-hydrogen) atoms. The van der Waals surface area contributed by atoms with Crippen molar-refractivity contribution < 1.29 is 23.9 Å². The summed E-state index contributed by atoms with van der Waals surface area (Å²) in [5.74, 6) is -5.84. The minimum atomic E-state index is -1.67. The number of esters is 2. The standard InChI is InChI=1S/C13H11Cl2NO5/c1-13(2)20-11(18)9(12(19)21-13)10(17)16-6-3-4-7(14)8(15)5-6/h3-5,9H,1-2H3,(H,16,17). The van der Waals surface area contributed by atoms with E-state index in [-0.39, 0.29) is 5.02 Å². The average Bonchev–Trinajstić information content (AvgIpc) is 2.31. The first-order chi connectivity index (χ1) is 9.69. The van der Waals surface area contributed by atoms with Crippen molar-refractivity contribution in [3.8, 4) is 0 Å². The van der Waals surface area contributed by atoms with E-state index in [2.05, 4.69) is 5.32 Å². The smallest absolute Gasteiger partial charge is 0.333 e. The van der Waals surface area contributed by atoms with Gasteiger partial charge in [0.05, 0.1) is 10.0 Å². The number of carbonyl (C=O) groups is 3. The Bertz CT molecular complexity index is 609. The van der Waals surface area contributed by atoms with Gasteiger partial charge in [-0.1, -0.05) is 23.2 Å². The second kappa shape index (κ2) is 5.54. The summed E-state index contributed by atoms with van der Waals surface area (Å²) < 4.78 is 9.74. The first kappa shape index (κ1) is 15.6. The molecular formula is C13H11Cl2NO5. The number of hydrogen-bond acceptors (Lipinski definition) is 5. The van der Waals surface area contributed by atoms with Gasteiger partial charge in [-0.25, -0.2) is 0 Å². The molecule has 2 rings (SSSR count). The van der Waals surface area contributed by atoms with E-state index in [4.69, 9.17) is 32.7 Å². The topological polar surface area (TPSA) is 81.7 Å². The Kier molecular flexibility index (Phi) is 4.11. The van der Waals surface area contributed by atoms with Crippen LogP contribution in [0.1, 0.15) is 13.8 Å². The molecule has 0 aliphatic carbocycles. The Hall–Kier alpha value is -1.79. The summed E-state index contributed by atoms with van der Waals surface area (Å²) in [5, 5.41) is 2.92. The van der Waals surface area contributed by atoms with Gasteiger partial charge in [0.15, 0.2) is 0 Å². The number of rotatable bonds is 2. The van der Waals surface area contributed by atoms with Gasteiger partial charge >= 0.3 is 11.9 Å². The number of halogens is 2. The molecule has 0 aromatic heterocycles. The molecule has 1 amide bonds. The molecule has 0 bridgehead atoms. The normalized spacial score (nSPS) is 17.9. The number of hydrogen-bond donors (Lipinski definition) is 1. The third kappa shape index (κ3) is 3.46. The number of nitrogens with one attached hydrogen (secondary N) is 1. The van der Waals surface area contributed by atoms with Gasteiger partial charge in [0, 0.05) is 19.5 Å². The van der Waals surface area contributed by atoms with E-state index in [9.17, 15) is 14.4 Å². The fourth-order valence-corrected chi connectivity index (χ4v) is 2.02. The van der Waals surface area contributed by atoms with Crippen LogP contribution in [0.4, 0.5) is 5.69 Å². The van der Waals surface area contributed by atoms with Gasteiger partial charge in [0.2, 0.25) is 11.8 Å². The van der Waals surface area contributed by atoms with E-state index in [0.29, 0.717) is 10.7 Å². The number of amides is 1.